The highest BCUT2D eigenvalue weighted by molar-refractivity contribution is 9.10. The van der Waals surface area contributed by atoms with Crippen LogP contribution in [0.15, 0.2) is 70.7 Å². The van der Waals surface area contributed by atoms with Crippen LogP contribution < -0.4 is 14.8 Å². The number of rotatable bonds is 10. The van der Waals surface area contributed by atoms with E-state index in [1.54, 1.807) is 19.1 Å². The molecule has 1 saturated heterocycles. The van der Waals surface area contributed by atoms with Gasteiger partial charge in [-0.2, -0.15) is 0 Å². The van der Waals surface area contributed by atoms with Crippen LogP contribution in [0.4, 0.5) is 0 Å². The number of benzene rings is 3. The van der Waals surface area contributed by atoms with Gasteiger partial charge in [0.25, 0.3) is 5.91 Å². The van der Waals surface area contributed by atoms with Gasteiger partial charge in [0.1, 0.15) is 24.7 Å². The number of ether oxygens (including phenoxy) is 2. The van der Waals surface area contributed by atoms with Crippen molar-refractivity contribution in [2.45, 2.75) is 50.9 Å². The Bertz CT molecular complexity index is 1630. The smallest absolute Gasteiger partial charge is 0.252 e. The maximum absolute atomic E-state index is 14.5. The van der Waals surface area contributed by atoms with Gasteiger partial charge in [-0.1, -0.05) is 81.1 Å². The SMILES string of the molecule is CC(=O)N1C[C@H]2CC(c3ccc(OCCOc4cc(Cl)c(Cl)cc4Cl)cc3)=C(C(=O)N(Cc3ccccc3Br)C3CC3)[C@@H](C1)N2. The highest BCUT2D eigenvalue weighted by atomic mass is 79.9. The Kier molecular flexibility index (Phi) is 9.97. The van der Waals surface area contributed by atoms with Crippen molar-refractivity contribution in [1.29, 1.82) is 0 Å². The lowest BCUT2D eigenvalue weighted by atomic mass is 9.82. The van der Waals surface area contributed by atoms with Crippen LogP contribution in [0.2, 0.25) is 15.1 Å². The first kappa shape index (κ1) is 32.2. The zero-order valence-corrected chi connectivity index (χ0v) is 28.6. The summed E-state index contributed by atoms with van der Waals surface area (Å²) in [6.07, 6.45) is 2.63. The van der Waals surface area contributed by atoms with E-state index < -0.39 is 0 Å². The molecule has 2 amide bonds. The lowest BCUT2D eigenvalue weighted by Crippen LogP contribution is -2.61. The van der Waals surface area contributed by atoms with E-state index in [1.807, 2.05) is 52.3 Å². The van der Waals surface area contributed by atoms with Gasteiger partial charge in [0.05, 0.1) is 21.1 Å². The van der Waals surface area contributed by atoms with Crippen molar-refractivity contribution in [3.05, 3.63) is 96.9 Å². The number of carbonyl (C=O) groups is 2. The molecule has 1 N–H and O–H groups in total. The zero-order chi connectivity index (χ0) is 31.7. The molecule has 11 heteroatoms. The first-order chi connectivity index (χ1) is 21.7. The predicted molar refractivity (Wildman–Crippen MR) is 181 cm³/mol. The molecule has 45 heavy (non-hydrogen) atoms. The molecule has 1 aliphatic carbocycles. The number of piperazine rings is 1. The minimum Gasteiger partial charge on any atom is -0.490 e. The number of amides is 2. The van der Waals surface area contributed by atoms with Crippen molar-refractivity contribution < 1.29 is 19.1 Å². The number of fused-ring (bicyclic) bond motifs is 2. The molecular weight excluding hydrogens is 701 g/mol. The van der Waals surface area contributed by atoms with E-state index in [4.69, 9.17) is 44.3 Å². The number of hydrogen-bond donors (Lipinski definition) is 1. The highest BCUT2D eigenvalue weighted by Crippen LogP contribution is 2.38. The largest absolute Gasteiger partial charge is 0.490 e. The zero-order valence-electron chi connectivity index (χ0n) is 24.7. The van der Waals surface area contributed by atoms with Crippen molar-refractivity contribution >= 4 is 68.1 Å². The molecular formula is C34H33BrCl3N3O4. The molecule has 0 spiro atoms. The molecule has 0 aromatic heterocycles. The maximum atomic E-state index is 14.5. The van der Waals surface area contributed by atoms with Crippen molar-refractivity contribution in [3.63, 3.8) is 0 Å². The summed E-state index contributed by atoms with van der Waals surface area (Å²) in [7, 11) is 0. The molecule has 2 heterocycles. The van der Waals surface area contributed by atoms with Crippen molar-refractivity contribution in [2.24, 2.45) is 0 Å². The fourth-order valence-corrected chi connectivity index (χ4v) is 7.02. The molecule has 2 fully saturated rings. The Morgan fingerprint density at radius 3 is 2.38 bits per heavy atom. The van der Waals surface area contributed by atoms with Gasteiger partial charge in [-0.3, -0.25) is 9.59 Å². The summed E-state index contributed by atoms with van der Waals surface area (Å²) in [6.45, 7) is 3.76. The normalized spacial score (nSPS) is 19.4. The van der Waals surface area contributed by atoms with Gasteiger partial charge >= 0.3 is 0 Å². The molecule has 3 aromatic carbocycles. The van der Waals surface area contributed by atoms with Gasteiger partial charge in [-0.15, -0.1) is 0 Å². The molecule has 0 radical (unpaired) electrons. The quantitative estimate of drug-likeness (QED) is 0.174. The Morgan fingerprint density at radius 1 is 0.956 bits per heavy atom. The number of nitrogens with one attached hydrogen (secondary N) is 1. The van der Waals surface area contributed by atoms with Gasteiger partial charge in [-0.05, 0) is 60.2 Å². The molecule has 236 valence electrons. The van der Waals surface area contributed by atoms with Crippen LogP contribution in [-0.2, 0) is 16.1 Å². The van der Waals surface area contributed by atoms with E-state index in [2.05, 4.69) is 27.3 Å². The highest BCUT2D eigenvalue weighted by Gasteiger charge is 2.43. The topological polar surface area (TPSA) is 71.1 Å². The summed E-state index contributed by atoms with van der Waals surface area (Å²) >= 11 is 21.9. The third kappa shape index (κ3) is 7.47. The molecule has 7 nitrogen and oxygen atoms in total. The number of halogens is 4. The minimum atomic E-state index is -0.245. The van der Waals surface area contributed by atoms with Crippen LogP contribution in [0, 0.1) is 0 Å². The van der Waals surface area contributed by atoms with Gasteiger partial charge in [0, 0.05) is 54.8 Å². The molecule has 6 rings (SSSR count). The Hall–Kier alpha value is -2.75. The first-order valence-corrected chi connectivity index (χ1v) is 16.9. The molecule has 0 unspecified atom stereocenters. The lowest BCUT2D eigenvalue weighted by Gasteiger charge is -2.44. The molecule has 1 saturated carbocycles. The van der Waals surface area contributed by atoms with E-state index in [9.17, 15) is 9.59 Å². The van der Waals surface area contributed by atoms with E-state index in [-0.39, 0.29) is 36.5 Å². The van der Waals surface area contributed by atoms with Crippen molar-refractivity contribution in [3.8, 4) is 11.5 Å². The summed E-state index contributed by atoms with van der Waals surface area (Å²) in [5.74, 6) is 1.18. The fraction of sp³-hybridized carbons (Fsp3) is 0.353. The van der Waals surface area contributed by atoms with Crippen molar-refractivity contribution in [1.82, 2.24) is 15.1 Å². The van der Waals surface area contributed by atoms with Crippen LogP contribution in [0.25, 0.3) is 5.57 Å². The molecule has 3 aromatic rings. The second-order valence-corrected chi connectivity index (χ2v) is 13.7. The molecule has 2 aliphatic heterocycles. The summed E-state index contributed by atoms with van der Waals surface area (Å²) in [5.41, 5.74) is 3.83. The molecule has 2 bridgehead atoms. The van der Waals surface area contributed by atoms with Gasteiger partial charge < -0.3 is 24.6 Å². The van der Waals surface area contributed by atoms with Gasteiger partial charge in [0.15, 0.2) is 0 Å². The average Bonchev–Trinajstić information content (AvgIpc) is 3.86. The number of hydrogen-bond acceptors (Lipinski definition) is 5. The number of nitrogens with zero attached hydrogens (tertiary/aromatic N) is 2. The maximum Gasteiger partial charge on any atom is 0.252 e. The van der Waals surface area contributed by atoms with Crippen molar-refractivity contribution in [2.75, 3.05) is 26.3 Å². The van der Waals surface area contributed by atoms with E-state index in [0.717, 1.165) is 39.6 Å². The van der Waals surface area contributed by atoms with Gasteiger partial charge in [0.2, 0.25) is 5.91 Å². The summed E-state index contributed by atoms with van der Waals surface area (Å²) in [4.78, 5) is 30.8. The summed E-state index contributed by atoms with van der Waals surface area (Å²) < 4.78 is 12.6. The Balaban J connectivity index is 1.22. The van der Waals surface area contributed by atoms with Crippen LogP contribution >= 0.6 is 50.7 Å². The first-order valence-electron chi connectivity index (χ1n) is 15.0. The number of carbonyl (C=O) groups excluding carboxylic acids is 2. The standard InChI is InChI=1S/C34H33BrCl3N3O4/c1-20(42)40-18-23-14-26(21-6-10-25(11-7-21)44-12-13-45-32-16-29(37)28(36)15-30(32)38)33(31(19-40)39-23)34(43)41(24-8-9-24)17-22-4-2-3-5-27(22)35/h2-7,10-11,15-16,23-24,31,39H,8-9,12-14,17-19H2,1H3/t23-,31-/m1/s1. The van der Waals surface area contributed by atoms with E-state index in [1.165, 1.54) is 0 Å². The second kappa shape index (κ2) is 13.9. The third-order valence-electron chi connectivity index (χ3n) is 8.41. The van der Waals surface area contributed by atoms with E-state index >= 15 is 0 Å². The van der Waals surface area contributed by atoms with Crippen LogP contribution in [0.3, 0.4) is 0 Å². The average molecular weight is 734 g/mol. The summed E-state index contributed by atoms with van der Waals surface area (Å²) in [6, 6.07) is 19.0. The third-order valence-corrected chi connectivity index (χ3v) is 10.2. The Morgan fingerprint density at radius 2 is 1.67 bits per heavy atom. The van der Waals surface area contributed by atoms with Gasteiger partial charge in [-0.25, -0.2) is 0 Å². The molecule has 2 atom stereocenters. The molecule has 3 aliphatic rings. The van der Waals surface area contributed by atoms with Crippen LogP contribution in [0.5, 0.6) is 11.5 Å². The lowest BCUT2D eigenvalue weighted by molar-refractivity contribution is -0.132. The van der Waals surface area contributed by atoms with Crippen LogP contribution in [-0.4, -0.2) is 66.0 Å². The van der Waals surface area contributed by atoms with Crippen LogP contribution in [0.1, 0.15) is 37.3 Å². The minimum absolute atomic E-state index is 0.0286. The fourth-order valence-electron chi connectivity index (χ4n) is 6.02. The monoisotopic (exact) mass is 731 g/mol. The summed E-state index contributed by atoms with van der Waals surface area (Å²) in [5, 5.41) is 4.76. The second-order valence-electron chi connectivity index (χ2n) is 11.6. The predicted octanol–water partition coefficient (Wildman–Crippen LogP) is 7.40. The Labute approximate surface area is 286 Å². The van der Waals surface area contributed by atoms with E-state index in [0.29, 0.717) is 59.2 Å².